The highest BCUT2D eigenvalue weighted by atomic mass is 35.5. The molecule has 0 aromatic heterocycles. The lowest BCUT2D eigenvalue weighted by molar-refractivity contribution is 0.567. The van der Waals surface area contributed by atoms with Crippen molar-refractivity contribution in [3.8, 4) is 0 Å². The van der Waals surface area contributed by atoms with Gasteiger partial charge in [0.25, 0.3) is 0 Å². The van der Waals surface area contributed by atoms with Crippen LogP contribution in [0.4, 0.5) is 0 Å². The van der Waals surface area contributed by atoms with Gasteiger partial charge in [-0.1, -0.05) is 13.8 Å². The van der Waals surface area contributed by atoms with E-state index in [1.54, 1.807) is 0 Å². The Morgan fingerprint density at radius 2 is 0.650 bits per heavy atom. The molecule has 0 fully saturated rings. The van der Waals surface area contributed by atoms with Crippen LogP contribution in [0, 0.1) is 0 Å². The summed E-state index contributed by atoms with van der Waals surface area (Å²) in [7, 11) is 0. The van der Waals surface area contributed by atoms with Crippen LogP contribution in [-0.4, -0.2) is 32.3 Å². The lowest BCUT2D eigenvalue weighted by Crippen LogP contribution is -2.22. The molecule has 0 aliphatic carbocycles. The monoisotopic (exact) mass is 402 g/mol. The van der Waals surface area contributed by atoms with E-state index in [0.717, 1.165) is 38.5 Å². The fourth-order valence-electron chi connectivity index (χ4n) is 1.87. The van der Waals surface area contributed by atoms with Crippen LogP contribution >= 0.6 is 69.6 Å². The fourth-order valence-corrected chi connectivity index (χ4v) is 3.24. The van der Waals surface area contributed by atoms with Crippen molar-refractivity contribution in [2.45, 2.75) is 84.6 Å². The molecule has 6 atom stereocenters. The van der Waals surface area contributed by atoms with E-state index in [0.29, 0.717) is 0 Å². The largest absolute Gasteiger partial charge is 0.121 e. The zero-order chi connectivity index (χ0) is 15.7. The van der Waals surface area contributed by atoms with Crippen molar-refractivity contribution in [1.29, 1.82) is 0 Å². The minimum Gasteiger partial charge on any atom is -0.121 e. The van der Waals surface area contributed by atoms with Crippen molar-refractivity contribution in [3.05, 3.63) is 0 Å². The van der Waals surface area contributed by atoms with E-state index in [2.05, 4.69) is 0 Å². The summed E-state index contributed by atoms with van der Waals surface area (Å²) in [5.41, 5.74) is 0. The van der Waals surface area contributed by atoms with E-state index in [9.17, 15) is 0 Å². The Morgan fingerprint density at radius 1 is 0.450 bits per heavy atom. The maximum absolute atomic E-state index is 6.31. The number of halogens is 6. The average molecular weight is 405 g/mol. The van der Waals surface area contributed by atoms with Crippen LogP contribution in [0.3, 0.4) is 0 Å². The molecule has 0 spiro atoms. The lowest BCUT2D eigenvalue weighted by atomic mass is 10.0. The lowest BCUT2D eigenvalue weighted by Gasteiger charge is -2.21. The first-order chi connectivity index (χ1) is 9.33. The van der Waals surface area contributed by atoms with Crippen molar-refractivity contribution in [1.82, 2.24) is 0 Å². The van der Waals surface area contributed by atoms with Gasteiger partial charge >= 0.3 is 0 Å². The zero-order valence-corrected chi connectivity index (χ0v) is 16.5. The fraction of sp³-hybridized carbons (Fsp3) is 1.00. The summed E-state index contributed by atoms with van der Waals surface area (Å²) in [5.74, 6) is 0. The van der Waals surface area contributed by atoms with Gasteiger partial charge in [0.05, 0.1) is 0 Å². The van der Waals surface area contributed by atoms with Gasteiger partial charge in [-0.2, -0.15) is 0 Å². The van der Waals surface area contributed by atoms with Gasteiger partial charge in [0.2, 0.25) is 0 Å². The molecule has 0 aromatic carbocycles. The Morgan fingerprint density at radius 3 is 0.850 bits per heavy atom. The van der Waals surface area contributed by atoms with Crippen LogP contribution in [0.15, 0.2) is 0 Å². The molecule has 0 aliphatic heterocycles. The van der Waals surface area contributed by atoms with Gasteiger partial charge in [-0.25, -0.2) is 0 Å². The minimum absolute atomic E-state index is 0.0110. The van der Waals surface area contributed by atoms with E-state index in [1.165, 1.54) is 0 Å². The summed E-state index contributed by atoms with van der Waals surface area (Å²) in [6.45, 7) is 4.04. The van der Waals surface area contributed by atoms with Crippen molar-refractivity contribution < 1.29 is 0 Å². The first-order valence-corrected chi connectivity index (χ1v) is 9.79. The third-order valence-corrected chi connectivity index (χ3v) is 7.10. The molecule has 0 heterocycles. The molecular formula is C14H24Cl6. The summed E-state index contributed by atoms with van der Waals surface area (Å²) in [4.78, 5) is 0. The van der Waals surface area contributed by atoms with Crippen molar-refractivity contribution >= 4 is 69.6 Å². The second-order valence-electron chi connectivity index (χ2n) is 5.07. The third-order valence-electron chi connectivity index (χ3n) is 3.39. The summed E-state index contributed by atoms with van der Waals surface area (Å²) in [5, 5.41) is -0.359. The van der Waals surface area contributed by atoms with E-state index < -0.39 is 0 Å². The van der Waals surface area contributed by atoms with Gasteiger partial charge in [-0.05, 0) is 38.5 Å². The Bertz CT molecular complexity index is 214. The molecule has 0 N–H and O–H groups in total. The van der Waals surface area contributed by atoms with Gasteiger partial charge in [0.1, 0.15) is 0 Å². The van der Waals surface area contributed by atoms with Gasteiger partial charge in [0, 0.05) is 32.3 Å². The molecule has 0 aromatic rings. The quantitative estimate of drug-likeness (QED) is 0.325. The maximum atomic E-state index is 6.31. The highest BCUT2D eigenvalue weighted by molar-refractivity contribution is 6.31. The van der Waals surface area contributed by atoms with E-state index in [-0.39, 0.29) is 32.3 Å². The smallest absolute Gasteiger partial charge is 0.0500 e. The molecular weight excluding hydrogens is 381 g/mol. The highest BCUT2D eigenvalue weighted by Crippen LogP contribution is 2.27. The SMILES string of the molecule is CCC(Cl)C(Cl)CCC(Cl)C(Cl)CCC(Cl)C(Cl)CC. The molecule has 122 valence electrons. The van der Waals surface area contributed by atoms with Crippen LogP contribution < -0.4 is 0 Å². The maximum Gasteiger partial charge on any atom is 0.0500 e. The number of alkyl halides is 6. The molecule has 0 saturated carbocycles. The number of hydrogen-bond donors (Lipinski definition) is 0. The second kappa shape index (κ2) is 12.2. The topological polar surface area (TPSA) is 0 Å². The van der Waals surface area contributed by atoms with Crippen molar-refractivity contribution in [2.75, 3.05) is 0 Å². The molecule has 0 nitrogen and oxygen atoms in total. The average Bonchev–Trinajstić information content (AvgIpc) is 2.47. The van der Waals surface area contributed by atoms with Crippen molar-refractivity contribution in [2.24, 2.45) is 0 Å². The molecule has 0 amide bonds. The Balaban J connectivity index is 3.95. The summed E-state index contributed by atoms with van der Waals surface area (Å²) < 4.78 is 0. The van der Waals surface area contributed by atoms with E-state index in [4.69, 9.17) is 69.6 Å². The first kappa shape index (κ1) is 21.7. The van der Waals surface area contributed by atoms with Crippen LogP contribution in [-0.2, 0) is 0 Å². The van der Waals surface area contributed by atoms with Gasteiger partial charge < -0.3 is 0 Å². The number of rotatable bonds is 11. The highest BCUT2D eigenvalue weighted by Gasteiger charge is 2.23. The Labute approximate surface area is 153 Å². The van der Waals surface area contributed by atoms with Gasteiger partial charge in [-0.15, -0.1) is 69.6 Å². The molecule has 20 heavy (non-hydrogen) atoms. The molecule has 0 bridgehead atoms. The Hall–Kier alpha value is 1.74. The van der Waals surface area contributed by atoms with Crippen LogP contribution in [0.5, 0.6) is 0 Å². The first-order valence-electron chi connectivity index (χ1n) is 7.17. The van der Waals surface area contributed by atoms with Crippen LogP contribution in [0.2, 0.25) is 0 Å². The van der Waals surface area contributed by atoms with Crippen LogP contribution in [0.1, 0.15) is 52.4 Å². The van der Waals surface area contributed by atoms with Crippen LogP contribution in [0.25, 0.3) is 0 Å². The predicted molar refractivity (Wildman–Crippen MR) is 96.9 cm³/mol. The normalized spacial score (nSPS) is 21.0. The van der Waals surface area contributed by atoms with Gasteiger partial charge in [0.15, 0.2) is 0 Å². The third kappa shape index (κ3) is 9.01. The minimum atomic E-state index is -0.113. The predicted octanol–water partition coefficient (Wildman–Crippen LogP) is 7.01. The van der Waals surface area contributed by atoms with E-state index in [1.807, 2.05) is 13.8 Å². The van der Waals surface area contributed by atoms with E-state index >= 15 is 0 Å². The molecule has 6 heteroatoms. The molecule has 0 saturated heterocycles. The summed E-state index contributed by atoms with van der Waals surface area (Å²) in [6, 6.07) is 0. The Kier molecular flexibility index (Phi) is 13.3. The number of hydrogen-bond acceptors (Lipinski definition) is 0. The molecule has 0 radical (unpaired) electrons. The summed E-state index contributed by atoms with van der Waals surface area (Å²) >= 11 is 37.2. The molecule has 0 aliphatic rings. The van der Waals surface area contributed by atoms with Crippen molar-refractivity contribution in [3.63, 3.8) is 0 Å². The standard InChI is InChI=1S/C14H24Cl6/c1-3-9(15)11(17)5-7-13(19)14(20)8-6-12(18)10(16)4-2/h9-14H,3-8H2,1-2H3. The second-order valence-corrected chi connectivity index (χ2v) is 8.43. The summed E-state index contributed by atoms with van der Waals surface area (Å²) in [6.07, 6.45) is 4.79. The molecule has 0 rings (SSSR count). The molecule has 6 unspecified atom stereocenters. The zero-order valence-electron chi connectivity index (χ0n) is 12.0. The van der Waals surface area contributed by atoms with Gasteiger partial charge in [-0.3, -0.25) is 0 Å².